The molecule has 1 aliphatic carbocycles. The number of ketones is 2. The molecule has 0 aliphatic heterocycles. The molecule has 0 spiro atoms. The number of ether oxygens (including phenoxy) is 1. The maximum absolute atomic E-state index is 13.0. The van der Waals surface area contributed by atoms with Crippen molar-refractivity contribution in [1.29, 1.82) is 0 Å². The Hall–Kier alpha value is -3.26. The summed E-state index contributed by atoms with van der Waals surface area (Å²) < 4.78 is 5.16. The molecule has 8 heteroatoms. The molecule has 2 aromatic rings. The van der Waals surface area contributed by atoms with Crippen molar-refractivity contribution in [2.45, 2.75) is 26.4 Å². The van der Waals surface area contributed by atoms with Gasteiger partial charge in [0.05, 0.1) is 11.3 Å². The highest BCUT2D eigenvalue weighted by Gasteiger charge is 2.31. The normalized spacial score (nSPS) is 12.5. The first-order chi connectivity index (χ1) is 14.2. The monoisotopic (exact) mass is 425 g/mol. The largest absolute Gasteiger partial charge is 0.444 e. The zero-order valence-electron chi connectivity index (χ0n) is 17.0. The number of fused-ring (bicyclic) bond motifs is 2. The van der Waals surface area contributed by atoms with E-state index in [9.17, 15) is 14.4 Å². The van der Waals surface area contributed by atoms with Crippen molar-refractivity contribution >= 4 is 40.7 Å². The third-order valence-electron chi connectivity index (χ3n) is 4.28. The number of alkyl carbamates (subject to hydrolysis) is 1. The maximum Gasteiger partial charge on any atom is 0.407 e. The Morgan fingerprint density at radius 1 is 0.900 bits per heavy atom. The van der Waals surface area contributed by atoms with E-state index in [1.54, 1.807) is 63.2 Å². The number of carbonyl (C=O) groups is 3. The van der Waals surface area contributed by atoms with Gasteiger partial charge >= 0.3 is 6.09 Å². The van der Waals surface area contributed by atoms with Crippen LogP contribution in [0.4, 0.5) is 10.5 Å². The Kier molecular flexibility index (Phi) is 6.17. The first-order valence-corrected chi connectivity index (χ1v) is 9.91. The van der Waals surface area contributed by atoms with Gasteiger partial charge in [0.1, 0.15) is 5.60 Å². The number of rotatable bonds is 4. The molecule has 2 aromatic carbocycles. The van der Waals surface area contributed by atoms with Gasteiger partial charge < -0.3 is 20.7 Å². The van der Waals surface area contributed by atoms with Crippen molar-refractivity contribution < 1.29 is 19.1 Å². The molecule has 7 nitrogen and oxygen atoms in total. The maximum atomic E-state index is 13.0. The van der Waals surface area contributed by atoms with Crippen LogP contribution in [-0.2, 0) is 4.74 Å². The molecule has 0 aromatic heterocycles. The fraction of sp³-hybridized carbons (Fsp3) is 0.273. The van der Waals surface area contributed by atoms with Crippen molar-refractivity contribution in [2.75, 3.05) is 18.4 Å². The molecule has 3 rings (SSSR count). The summed E-state index contributed by atoms with van der Waals surface area (Å²) in [5.74, 6) is -0.415. The summed E-state index contributed by atoms with van der Waals surface area (Å²) in [6.45, 7) is 6.02. The number of hydrogen-bond acceptors (Lipinski definition) is 5. The zero-order chi connectivity index (χ0) is 21.9. The predicted molar refractivity (Wildman–Crippen MR) is 118 cm³/mol. The second kappa shape index (κ2) is 8.62. The summed E-state index contributed by atoms with van der Waals surface area (Å²) in [7, 11) is 0. The summed E-state index contributed by atoms with van der Waals surface area (Å²) in [5.41, 5.74) is 1.32. The van der Waals surface area contributed by atoms with Gasteiger partial charge in [-0.25, -0.2) is 4.79 Å². The fourth-order valence-corrected chi connectivity index (χ4v) is 3.28. The number of carbonyl (C=O) groups excluding carboxylic acids is 3. The quantitative estimate of drug-likeness (QED) is 0.436. The molecule has 1 amide bonds. The van der Waals surface area contributed by atoms with Crippen molar-refractivity contribution in [1.82, 2.24) is 10.6 Å². The third kappa shape index (κ3) is 4.83. The average molecular weight is 426 g/mol. The van der Waals surface area contributed by atoms with E-state index in [0.717, 1.165) is 0 Å². The van der Waals surface area contributed by atoms with E-state index in [1.807, 2.05) is 0 Å². The topological polar surface area (TPSA) is 96.5 Å². The Labute approximate surface area is 180 Å². The van der Waals surface area contributed by atoms with Crippen LogP contribution < -0.4 is 16.0 Å². The summed E-state index contributed by atoms with van der Waals surface area (Å²) in [5, 5.41) is 8.83. The van der Waals surface area contributed by atoms with Crippen molar-refractivity contribution in [3.8, 4) is 0 Å². The lowest BCUT2D eigenvalue weighted by Gasteiger charge is -2.21. The van der Waals surface area contributed by atoms with E-state index >= 15 is 0 Å². The molecule has 30 heavy (non-hydrogen) atoms. The molecule has 0 fully saturated rings. The molecule has 1 aliphatic rings. The molecule has 156 valence electrons. The van der Waals surface area contributed by atoms with Crippen molar-refractivity contribution in [3.63, 3.8) is 0 Å². The Bertz CT molecular complexity index is 1030. The smallest absolute Gasteiger partial charge is 0.407 e. The van der Waals surface area contributed by atoms with E-state index in [2.05, 4.69) is 16.0 Å². The standard InChI is InChI=1S/C22H23N3O4S/c1-22(2,3)29-21(28)24-12-11-23-20(30)25-16-10-6-9-15-17(16)19(27)14-8-5-4-7-13(14)18(15)26/h4-10H,11-12H2,1-3H3,(H,24,28)(H2,23,25,30). The second-order valence-corrected chi connectivity index (χ2v) is 8.15. The predicted octanol–water partition coefficient (Wildman–Crippen LogP) is 3.27. The summed E-state index contributed by atoms with van der Waals surface area (Å²) >= 11 is 5.29. The average Bonchev–Trinajstić information content (AvgIpc) is 2.68. The van der Waals surface area contributed by atoms with E-state index in [0.29, 0.717) is 41.0 Å². The third-order valence-corrected chi connectivity index (χ3v) is 4.53. The highest BCUT2D eigenvalue weighted by molar-refractivity contribution is 7.80. The summed E-state index contributed by atoms with van der Waals surface area (Å²) in [6.07, 6.45) is -0.511. The summed E-state index contributed by atoms with van der Waals surface area (Å²) in [4.78, 5) is 37.4. The number of hydrogen-bond donors (Lipinski definition) is 3. The van der Waals surface area contributed by atoms with Crippen LogP contribution in [0.15, 0.2) is 42.5 Å². The number of amides is 1. The highest BCUT2D eigenvalue weighted by Crippen LogP contribution is 2.31. The molecule has 0 heterocycles. The fourth-order valence-electron chi connectivity index (χ4n) is 3.07. The SMILES string of the molecule is CC(C)(C)OC(=O)NCCNC(=S)Nc1cccc2c1C(=O)c1ccccc1C2=O. The highest BCUT2D eigenvalue weighted by atomic mass is 32.1. The van der Waals surface area contributed by atoms with E-state index in [4.69, 9.17) is 17.0 Å². The number of benzene rings is 2. The van der Waals surface area contributed by atoms with Gasteiger partial charge in [-0.1, -0.05) is 36.4 Å². The number of thiocarbonyl (C=S) groups is 1. The Morgan fingerprint density at radius 3 is 2.17 bits per heavy atom. The minimum absolute atomic E-state index is 0.190. The number of anilines is 1. The van der Waals surface area contributed by atoms with Gasteiger partial charge in [-0.3, -0.25) is 9.59 Å². The molecule has 0 saturated carbocycles. The van der Waals surface area contributed by atoms with Gasteiger partial charge in [-0.15, -0.1) is 0 Å². The Morgan fingerprint density at radius 2 is 1.50 bits per heavy atom. The van der Waals surface area contributed by atoms with E-state index in [-0.39, 0.29) is 16.7 Å². The minimum Gasteiger partial charge on any atom is -0.444 e. The zero-order valence-corrected chi connectivity index (χ0v) is 17.8. The van der Waals surface area contributed by atoms with Crippen LogP contribution in [0.3, 0.4) is 0 Å². The lowest BCUT2D eigenvalue weighted by atomic mass is 9.83. The molecule has 0 saturated heterocycles. The van der Waals surface area contributed by atoms with Crippen LogP contribution in [0.5, 0.6) is 0 Å². The molecule has 3 N–H and O–H groups in total. The van der Waals surface area contributed by atoms with Crippen LogP contribution in [0.1, 0.15) is 52.6 Å². The van der Waals surface area contributed by atoms with Gasteiger partial charge in [0.25, 0.3) is 0 Å². The van der Waals surface area contributed by atoms with Crippen LogP contribution in [0.2, 0.25) is 0 Å². The molecular formula is C22H23N3O4S. The molecule has 0 bridgehead atoms. The summed E-state index contributed by atoms with van der Waals surface area (Å²) in [6, 6.07) is 11.8. The van der Waals surface area contributed by atoms with Crippen molar-refractivity contribution in [2.24, 2.45) is 0 Å². The van der Waals surface area contributed by atoms with Crippen LogP contribution in [-0.4, -0.2) is 41.5 Å². The van der Waals surface area contributed by atoms with E-state index in [1.165, 1.54) is 0 Å². The first-order valence-electron chi connectivity index (χ1n) is 9.50. The van der Waals surface area contributed by atoms with Gasteiger partial charge in [0.2, 0.25) is 0 Å². The molecular weight excluding hydrogens is 402 g/mol. The lowest BCUT2D eigenvalue weighted by Crippen LogP contribution is -2.39. The number of nitrogens with one attached hydrogen (secondary N) is 3. The van der Waals surface area contributed by atoms with Crippen LogP contribution >= 0.6 is 12.2 Å². The van der Waals surface area contributed by atoms with Crippen LogP contribution in [0.25, 0.3) is 0 Å². The van der Waals surface area contributed by atoms with Crippen molar-refractivity contribution in [3.05, 3.63) is 64.7 Å². The van der Waals surface area contributed by atoms with E-state index < -0.39 is 11.7 Å². The molecule has 0 atom stereocenters. The van der Waals surface area contributed by atoms with Gasteiger partial charge in [-0.2, -0.15) is 0 Å². The second-order valence-electron chi connectivity index (χ2n) is 7.74. The van der Waals surface area contributed by atoms with Crippen LogP contribution in [0, 0.1) is 0 Å². The van der Waals surface area contributed by atoms with Gasteiger partial charge in [0, 0.05) is 29.8 Å². The first kappa shape index (κ1) is 21.4. The van der Waals surface area contributed by atoms with Gasteiger partial charge in [0.15, 0.2) is 16.7 Å². The Balaban J connectivity index is 1.63. The lowest BCUT2D eigenvalue weighted by molar-refractivity contribution is 0.0528. The molecule has 0 unspecified atom stereocenters. The minimum atomic E-state index is -0.566. The van der Waals surface area contributed by atoms with Gasteiger partial charge in [-0.05, 0) is 39.1 Å². The molecule has 0 radical (unpaired) electrons.